The Hall–Kier alpha value is 0.700. The summed E-state index contributed by atoms with van der Waals surface area (Å²) < 4.78 is 0. The Morgan fingerprint density at radius 2 is 0.655 bits per heavy atom. The first-order valence-electron chi connectivity index (χ1n) is 13.4. The summed E-state index contributed by atoms with van der Waals surface area (Å²) in [6, 6.07) is 0. The minimum atomic E-state index is 1.27. The first-order valence-corrected chi connectivity index (χ1v) is 15.7. The standard InChI is InChI=1S/C27H55S2/c1-3-5-7-9-11-13-15-17-19-21-24-28-26-23-27-29-25-22-20-18-16-14-12-10-8-6-4-2/h23H,3-22,24-27H2,1-2H3. The van der Waals surface area contributed by atoms with Crippen molar-refractivity contribution in [2.24, 2.45) is 0 Å². The predicted octanol–water partition coefficient (Wildman–Crippen LogP) is 10.5. The van der Waals surface area contributed by atoms with Gasteiger partial charge in [0.05, 0.1) is 0 Å². The summed E-state index contributed by atoms with van der Waals surface area (Å²) in [5, 5.41) is 0. The van der Waals surface area contributed by atoms with Gasteiger partial charge >= 0.3 is 0 Å². The average molecular weight is 444 g/mol. The zero-order valence-corrected chi connectivity index (χ0v) is 22.0. The fourth-order valence-electron chi connectivity index (χ4n) is 3.76. The molecule has 0 aromatic carbocycles. The third-order valence-corrected chi connectivity index (χ3v) is 7.85. The lowest BCUT2D eigenvalue weighted by Crippen LogP contribution is -1.90. The highest BCUT2D eigenvalue weighted by atomic mass is 32.2. The normalized spacial score (nSPS) is 11.4. The number of hydrogen-bond acceptors (Lipinski definition) is 2. The van der Waals surface area contributed by atoms with Crippen molar-refractivity contribution in [3.05, 3.63) is 6.42 Å². The van der Waals surface area contributed by atoms with E-state index in [4.69, 9.17) is 0 Å². The second-order valence-corrected chi connectivity index (χ2v) is 11.1. The van der Waals surface area contributed by atoms with Crippen molar-refractivity contribution in [1.29, 1.82) is 0 Å². The summed E-state index contributed by atoms with van der Waals surface area (Å²) in [6.07, 6.45) is 31.5. The predicted molar refractivity (Wildman–Crippen MR) is 143 cm³/mol. The van der Waals surface area contributed by atoms with Gasteiger partial charge in [-0.15, -0.1) is 0 Å². The fraction of sp³-hybridized carbons (Fsp3) is 0.963. The van der Waals surface area contributed by atoms with Crippen molar-refractivity contribution in [3.63, 3.8) is 0 Å². The highest BCUT2D eigenvalue weighted by molar-refractivity contribution is 8.00. The van der Waals surface area contributed by atoms with Crippen LogP contribution in [0, 0.1) is 6.42 Å². The fourth-order valence-corrected chi connectivity index (χ4v) is 5.63. The van der Waals surface area contributed by atoms with Crippen LogP contribution in [0.4, 0.5) is 0 Å². The molecule has 175 valence electrons. The van der Waals surface area contributed by atoms with Crippen LogP contribution in [0.15, 0.2) is 0 Å². The molecule has 0 aliphatic heterocycles. The molecule has 29 heavy (non-hydrogen) atoms. The molecule has 0 spiro atoms. The van der Waals surface area contributed by atoms with Crippen LogP contribution in [0.25, 0.3) is 0 Å². The van der Waals surface area contributed by atoms with Gasteiger partial charge in [-0.25, -0.2) is 0 Å². The number of hydrogen-bond donors (Lipinski definition) is 0. The molecule has 0 atom stereocenters. The van der Waals surface area contributed by atoms with Gasteiger partial charge in [0, 0.05) is 0 Å². The van der Waals surface area contributed by atoms with E-state index in [1.807, 2.05) is 0 Å². The van der Waals surface area contributed by atoms with Crippen molar-refractivity contribution in [3.8, 4) is 0 Å². The molecule has 0 aromatic rings. The second kappa shape index (κ2) is 28.7. The minimum absolute atomic E-state index is 1.27. The smallest absolute Gasteiger partial charge is 0.00280 e. The van der Waals surface area contributed by atoms with Crippen LogP contribution >= 0.6 is 23.5 Å². The SMILES string of the molecule is CCCCCCCCCCCCSC[CH]CSCCCCCCCCCCCC. The molecule has 0 aliphatic carbocycles. The maximum atomic E-state index is 2.50. The highest BCUT2D eigenvalue weighted by Crippen LogP contribution is 2.15. The van der Waals surface area contributed by atoms with Crippen LogP contribution in [0.5, 0.6) is 0 Å². The maximum absolute atomic E-state index is 2.50. The summed E-state index contributed by atoms with van der Waals surface area (Å²) in [4.78, 5) is 0. The van der Waals surface area contributed by atoms with E-state index in [0.29, 0.717) is 0 Å². The van der Waals surface area contributed by atoms with Gasteiger partial charge in [0.2, 0.25) is 0 Å². The quantitative estimate of drug-likeness (QED) is 0.122. The van der Waals surface area contributed by atoms with Crippen molar-refractivity contribution < 1.29 is 0 Å². The highest BCUT2D eigenvalue weighted by Gasteiger charge is 1.96. The van der Waals surface area contributed by atoms with Gasteiger partial charge < -0.3 is 0 Å². The third-order valence-electron chi connectivity index (χ3n) is 5.76. The monoisotopic (exact) mass is 443 g/mol. The van der Waals surface area contributed by atoms with Gasteiger partial charge in [-0.2, -0.15) is 23.5 Å². The number of unbranched alkanes of at least 4 members (excludes halogenated alkanes) is 18. The van der Waals surface area contributed by atoms with E-state index in [1.54, 1.807) is 0 Å². The molecule has 0 unspecified atom stereocenters. The van der Waals surface area contributed by atoms with Gasteiger partial charge in [-0.1, -0.05) is 129 Å². The molecule has 0 N–H and O–H groups in total. The Kier molecular flexibility index (Phi) is 29.4. The van der Waals surface area contributed by atoms with E-state index in [-0.39, 0.29) is 0 Å². The van der Waals surface area contributed by atoms with Crippen molar-refractivity contribution >= 4 is 23.5 Å². The Bertz CT molecular complexity index is 241. The molecule has 1 radical (unpaired) electrons. The first kappa shape index (κ1) is 29.7. The molecule has 0 rings (SSSR count). The van der Waals surface area contributed by atoms with E-state index in [1.165, 1.54) is 151 Å². The lowest BCUT2D eigenvalue weighted by atomic mass is 10.1. The Balaban J connectivity index is 2.97. The molecule has 0 fully saturated rings. The summed E-state index contributed by atoms with van der Waals surface area (Å²) in [6.45, 7) is 4.60. The Morgan fingerprint density at radius 1 is 0.379 bits per heavy atom. The van der Waals surface area contributed by atoms with Gasteiger partial charge in [0.1, 0.15) is 0 Å². The molecule has 0 amide bonds. The van der Waals surface area contributed by atoms with Crippen molar-refractivity contribution in [1.82, 2.24) is 0 Å². The summed E-state index contributed by atoms with van der Waals surface area (Å²) in [5.41, 5.74) is 0. The van der Waals surface area contributed by atoms with Crippen molar-refractivity contribution in [2.45, 2.75) is 142 Å². The lowest BCUT2D eigenvalue weighted by Gasteiger charge is -2.04. The lowest BCUT2D eigenvalue weighted by molar-refractivity contribution is 0.563. The van der Waals surface area contributed by atoms with E-state index < -0.39 is 0 Å². The molecule has 0 nitrogen and oxygen atoms in total. The summed E-state index contributed by atoms with van der Waals surface area (Å²) in [7, 11) is 0. The molecule has 0 aromatic heterocycles. The maximum Gasteiger partial charge on any atom is -0.00280 e. The topological polar surface area (TPSA) is 0 Å². The van der Waals surface area contributed by atoms with Crippen molar-refractivity contribution in [2.75, 3.05) is 23.0 Å². The zero-order valence-electron chi connectivity index (χ0n) is 20.4. The van der Waals surface area contributed by atoms with E-state index in [0.717, 1.165) is 0 Å². The van der Waals surface area contributed by atoms with Gasteiger partial charge in [-0.05, 0) is 42.3 Å². The zero-order chi connectivity index (χ0) is 21.1. The minimum Gasteiger partial charge on any atom is -0.162 e. The van der Waals surface area contributed by atoms with Gasteiger partial charge in [0.15, 0.2) is 0 Å². The largest absolute Gasteiger partial charge is 0.162 e. The Labute approximate surface area is 194 Å². The van der Waals surface area contributed by atoms with Crippen LogP contribution in [0.3, 0.4) is 0 Å². The van der Waals surface area contributed by atoms with E-state index in [2.05, 4.69) is 43.8 Å². The first-order chi connectivity index (χ1) is 14.4. The van der Waals surface area contributed by atoms with Crippen LogP contribution in [0.1, 0.15) is 142 Å². The number of rotatable bonds is 26. The molecular formula is C27H55S2. The molecule has 0 bridgehead atoms. The van der Waals surface area contributed by atoms with E-state index in [9.17, 15) is 0 Å². The Morgan fingerprint density at radius 3 is 0.966 bits per heavy atom. The molecule has 0 saturated carbocycles. The molecular weight excluding hydrogens is 388 g/mol. The van der Waals surface area contributed by atoms with Crippen LogP contribution in [-0.2, 0) is 0 Å². The molecule has 0 aliphatic rings. The summed E-state index contributed by atoms with van der Waals surface area (Å²) in [5.74, 6) is 5.27. The molecule has 2 heteroatoms. The van der Waals surface area contributed by atoms with Crippen LogP contribution in [0.2, 0.25) is 0 Å². The molecule has 0 saturated heterocycles. The average Bonchev–Trinajstić information content (AvgIpc) is 2.74. The third kappa shape index (κ3) is 28.7. The van der Waals surface area contributed by atoms with Crippen LogP contribution < -0.4 is 0 Å². The summed E-state index contributed by atoms with van der Waals surface area (Å²) >= 11 is 4.29. The van der Waals surface area contributed by atoms with E-state index >= 15 is 0 Å². The molecule has 0 heterocycles. The number of thioether (sulfide) groups is 2. The van der Waals surface area contributed by atoms with Gasteiger partial charge in [0.25, 0.3) is 0 Å². The van der Waals surface area contributed by atoms with Crippen LogP contribution in [-0.4, -0.2) is 23.0 Å². The van der Waals surface area contributed by atoms with Gasteiger partial charge in [-0.3, -0.25) is 0 Å². The second-order valence-electron chi connectivity index (χ2n) is 8.80.